The zero-order valence-electron chi connectivity index (χ0n) is 8.18. The Morgan fingerprint density at radius 2 is 1.80 bits per heavy atom. The van der Waals surface area contributed by atoms with Crippen molar-refractivity contribution in [2.45, 2.75) is 16.8 Å². The molecule has 1 atom stereocenters. The van der Waals surface area contributed by atoms with Crippen LogP contribution in [0.25, 0.3) is 0 Å². The summed E-state index contributed by atoms with van der Waals surface area (Å²) in [6.07, 6.45) is 0. The minimum atomic E-state index is -1.58. The molecule has 0 aliphatic heterocycles. The van der Waals surface area contributed by atoms with Crippen molar-refractivity contribution < 1.29 is 4.99 Å². The molecule has 0 aliphatic carbocycles. The van der Waals surface area contributed by atoms with Crippen LogP contribution in [0.2, 0.25) is 0 Å². The van der Waals surface area contributed by atoms with Crippen molar-refractivity contribution in [3.8, 4) is 0 Å². The van der Waals surface area contributed by atoms with Gasteiger partial charge < -0.3 is 0 Å². The van der Waals surface area contributed by atoms with Crippen LogP contribution in [0.5, 0.6) is 0 Å². The first-order chi connectivity index (χ1) is 6.91. The van der Waals surface area contributed by atoms with E-state index in [1.54, 1.807) is 0 Å². The summed E-state index contributed by atoms with van der Waals surface area (Å²) in [5.41, 5.74) is 6.68. The topological polar surface area (TPSA) is 40.0 Å². The molecule has 0 fully saturated rings. The van der Waals surface area contributed by atoms with Gasteiger partial charge >= 0.3 is 0 Å². The molecule has 0 amide bonds. The van der Waals surface area contributed by atoms with Crippen molar-refractivity contribution in [2.24, 2.45) is 5.73 Å². The van der Waals surface area contributed by atoms with E-state index in [1.807, 2.05) is 37.3 Å². The minimum absolute atomic E-state index is 0.00169. The third-order valence-corrected chi connectivity index (χ3v) is 2.59. The molecule has 3 N–H and O–H groups in total. The Morgan fingerprint density at radius 1 is 1.27 bits per heavy atom. The molecule has 2 nitrogen and oxygen atoms in total. The Balaban J connectivity index is 2.84. The maximum absolute atomic E-state index is 5.62. The third kappa shape index (κ3) is 3.90. The SMILES string of the molecule is CC([NH+]=C(N)C(Cl)(Cl)Cl)c1ccccc1. The van der Waals surface area contributed by atoms with Gasteiger partial charge in [0.1, 0.15) is 6.04 Å². The van der Waals surface area contributed by atoms with Crippen molar-refractivity contribution in [1.29, 1.82) is 0 Å². The van der Waals surface area contributed by atoms with Gasteiger partial charge in [-0.1, -0.05) is 65.1 Å². The van der Waals surface area contributed by atoms with Crippen molar-refractivity contribution in [3.63, 3.8) is 0 Å². The molecule has 0 aromatic heterocycles. The second kappa shape index (κ2) is 5.06. The molecule has 15 heavy (non-hydrogen) atoms. The van der Waals surface area contributed by atoms with Crippen LogP contribution >= 0.6 is 34.8 Å². The minimum Gasteiger partial charge on any atom is -0.287 e. The van der Waals surface area contributed by atoms with E-state index in [4.69, 9.17) is 40.5 Å². The number of rotatable bonds is 2. The van der Waals surface area contributed by atoms with Crippen LogP contribution in [0.4, 0.5) is 0 Å². The maximum atomic E-state index is 5.62. The van der Waals surface area contributed by atoms with E-state index in [0.29, 0.717) is 0 Å². The molecule has 0 saturated carbocycles. The summed E-state index contributed by atoms with van der Waals surface area (Å²) in [7, 11) is 0. The van der Waals surface area contributed by atoms with Crippen molar-refractivity contribution in [1.82, 2.24) is 0 Å². The molecule has 1 aromatic carbocycles. The van der Waals surface area contributed by atoms with E-state index in [2.05, 4.69) is 4.99 Å². The first-order valence-corrected chi connectivity index (χ1v) is 5.55. The van der Waals surface area contributed by atoms with E-state index in [9.17, 15) is 0 Å². The highest BCUT2D eigenvalue weighted by Gasteiger charge is 2.31. The lowest BCUT2D eigenvalue weighted by atomic mass is 10.1. The summed E-state index contributed by atoms with van der Waals surface area (Å²) in [6, 6.07) is 9.78. The standard InChI is InChI=1S/C10H11Cl3N2/c1-7(8-5-3-2-4-6-8)15-9(14)10(11,12)13/h2-7H,1H3,(H2,14,15)/p+1. The zero-order valence-corrected chi connectivity index (χ0v) is 10.4. The maximum Gasteiger partial charge on any atom is 0.293 e. The highest BCUT2D eigenvalue weighted by Crippen LogP contribution is 2.24. The van der Waals surface area contributed by atoms with Gasteiger partial charge in [-0.15, -0.1) is 0 Å². The molecule has 0 bridgehead atoms. The van der Waals surface area contributed by atoms with Crippen molar-refractivity contribution >= 4 is 40.6 Å². The van der Waals surface area contributed by atoms with Gasteiger partial charge in [-0.05, 0) is 12.5 Å². The second-order valence-electron chi connectivity index (χ2n) is 3.19. The lowest BCUT2D eigenvalue weighted by molar-refractivity contribution is -0.507. The molecule has 1 aromatic rings. The third-order valence-electron chi connectivity index (χ3n) is 1.98. The van der Waals surface area contributed by atoms with Crippen LogP contribution in [0.1, 0.15) is 18.5 Å². The lowest BCUT2D eigenvalue weighted by Crippen LogP contribution is -2.78. The molecule has 0 radical (unpaired) electrons. The molecule has 82 valence electrons. The van der Waals surface area contributed by atoms with Crippen LogP contribution in [0.3, 0.4) is 0 Å². The second-order valence-corrected chi connectivity index (χ2v) is 5.47. The summed E-state index contributed by atoms with van der Waals surface area (Å²) in [6.45, 7) is 1.94. The number of hydrogen-bond donors (Lipinski definition) is 2. The van der Waals surface area contributed by atoms with Gasteiger partial charge in [0.05, 0.1) is 0 Å². The monoisotopic (exact) mass is 265 g/mol. The Morgan fingerprint density at radius 3 is 2.27 bits per heavy atom. The summed E-state index contributed by atoms with van der Waals surface area (Å²) in [5, 5.41) is 0. The van der Waals surface area contributed by atoms with Gasteiger partial charge in [-0.2, -0.15) is 0 Å². The van der Waals surface area contributed by atoms with E-state index in [0.717, 1.165) is 5.56 Å². The quantitative estimate of drug-likeness (QED) is 0.476. The highest BCUT2D eigenvalue weighted by atomic mass is 35.6. The van der Waals surface area contributed by atoms with Crippen molar-refractivity contribution in [3.05, 3.63) is 35.9 Å². The normalized spacial score (nSPS) is 15.1. The van der Waals surface area contributed by atoms with Crippen LogP contribution in [-0.4, -0.2) is 9.63 Å². The number of nitrogens with one attached hydrogen (secondary N) is 1. The van der Waals surface area contributed by atoms with E-state index in [1.165, 1.54) is 0 Å². The Labute approximate surface area is 104 Å². The fourth-order valence-electron chi connectivity index (χ4n) is 1.14. The average molecular weight is 267 g/mol. The molecule has 0 aliphatic rings. The Bertz CT molecular complexity index is 343. The number of amidine groups is 1. The predicted octanol–water partition coefficient (Wildman–Crippen LogP) is 1.56. The Hall–Kier alpha value is -0.440. The Kier molecular flexibility index (Phi) is 4.26. The predicted molar refractivity (Wildman–Crippen MR) is 65.3 cm³/mol. The largest absolute Gasteiger partial charge is 0.293 e. The van der Waals surface area contributed by atoms with Crippen LogP contribution in [0.15, 0.2) is 30.3 Å². The molecule has 0 heterocycles. The van der Waals surface area contributed by atoms with Gasteiger partial charge in [0.2, 0.25) is 0 Å². The fraction of sp³-hybridized carbons (Fsp3) is 0.300. The zero-order chi connectivity index (χ0) is 11.5. The van der Waals surface area contributed by atoms with Gasteiger partial charge in [0.15, 0.2) is 0 Å². The number of alkyl halides is 3. The van der Waals surface area contributed by atoms with E-state index in [-0.39, 0.29) is 11.9 Å². The molecule has 0 saturated heterocycles. The van der Waals surface area contributed by atoms with E-state index < -0.39 is 3.79 Å². The fourth-order valence-corrected chi connectivity index (χ4v) is 1.30. The number of nitrogens with two attached hydrogens (primary N) is 1. The molecule has 0 spiro atoms. The van der Waals surface area contributed by atoms with Crippen LogP contribution in [-0.2, 0) is 0 Å². The first kappa shape index (κ1) is 12.6. The number of hydrogen-bond acceptors (Lipinski definition) is 0. The van der Waals surface area contributed by atoms with Gasteiger partial charge in [-0.3, -0.25) is 10.7 Å². The molecular weight excluding hydrogens is 254 g/mol. The summed E-state index contributed by atoms with van der Waals surface area (Å²) in [5.74, 6) is 0.129. The average Bonchev–Trinajstić information content (AvgIpc) is 2.17. The van der Waals surface area contributed by atoms with E-state index >= 15 is 0 Å². The highest BCUT2D eigenvalue weighted by molar-refractivity contribution is 6.76. The van der Waals surface area contributed by atoms with Crippen LogP contribution in [0, 0.1) is 0 Å². The number of benzene rings is 1. The summed E-state index contributed by atoms with van der Waals surface area (Å²) in [4.78, 5) is 2.93. The van der Waals surface area contributed by atoms with Gasteiger partial charge in [-0.25, -0.2) is 0 Å². The molecule has 5 heteroatoms. The molecule has 1 unspecified atom stereocenters. The summed E-state index contributed by atoms with van der Waals surface area (Å²) < 4.78 is -1.58. The smallest absolute Gasteiger partial charge is 0.287 e. The number of halogens is 3. The van der Waals surface area contributed by atoms with Gasteiger partial charge in [0.25, 0.3) is 9.63 Å². The lowest BCUT2D eigenvalue weighted by Gasteiger charge is -2.09. The first-order valence-electron chi connectivity index (χ1n) is 4.42. The van der Waals surface area contributed by atoms with Crippen molar-refractivity contribution in [2.75, 3.05) is 0 Å². The molecular formula is C10H12Cl3N2+. The summed E-state index contributed by atoms with van der Waals surface area (Å²) >= 11 is 16.9. The van der Waals surface area contributed by atoms with Crippen LogP contribution < -0.4 is 10.7 Å². The molecule has 1 rings (SSSR count). The van der Waals surface area contributed by atoms with Gasteiger partial charge in [0, 0.05) is 0 Å².